The first kappa shape index (κ1) is 18.2. The van der Waals surface area contributed by atoms with Crippen molar-refractivity contribution in [2.75, 3.05) is 14.2 Å². The standard InChI is InChI=1S/C17H16FNO6/c1-23-13-5-7-15(24-2)11(9-13)3-8-17(20)25-16-10-12(18)4-6-14(16)19(21)22/h4-7,9-10H,3,8H2,1-2H3. The third-order valence-corrected chi connectivity index (χ3v) is 3.43. The minimum absolute atomic E-state index is 0.0722. The number of aryl methyl sites for hydroxylation is 1. The molecule has 0 aromatic heterocycles. The number of nitrogens with zero attached hydrogens (tertiary/aromatic N) is 1. The van der Waals surface area contributed by atoms with Crippen LogP contribution in [0.3, 0.4) is 0 Å². The van der Waals surface area contributed by atoms with Crippen LogP contribution in [0.15, 0.2) is 36.4 Å². The average Bonchev–Trinajstić information content (AvgIpc) is 2.59. The zero-order chi connectivity index (χ0) is 18.4. The Labute approximate surface area is 143 Å². The molecule has 2 aromatic rings. The van der Waals surface area contributed by atoms with E-state index in [0.29, 0.717) is 17.1 Å². The maximum absolute atomic E-state index is 13.2. The lowest BCUT2D eigenvalue weighted by Crippen LogP contribution is -2.11. The van der Waals surface area contributed by atoms with Gasteiger partial charge in [0.1, 0.15) is 17.3 Å². The Morgan fingerprint density at radius 1 is 1.12 bits per heavy atom. The number of rotatable bonds is 7. The third kappa shape index (κ3) is 4.66. The smallest absolute Gasteiger partial charge is 0.311 e. The maximum Gasteiger partial charge on any atom is 0.311 e. The molecule has 0 aliphatic carbocycles. The SMILES string of the molecule is COc1ccc(OC)c(CCC(=O)Oc2cc(F)ccc2[N+](=O)[O-])c1. The van der Waals surface area contributed by atoms with Gasteiger partial charge in [0.2, 0.25) is 5.75 Å². The van der Waals surface area contributed by atoms with Crippen LogP contribution in [0, 0.1) is 15.9 Å². The van der Waals surface area contributed by atoms with Crippen molar-refractivity contribution in [2.45, 2.75) is 12.8 Å². The van der Waals surface area contributed by atoms with E-state index in [1.54, 1.807) is 18.2 Å². The summed E-state index contributed by atoms with van der Waals surface area (Å²) in [5, 5.41) is 10.9. The number of hydrogen-bond acceptors (Lipinski definition) is 6. The Bertz CT molecular complexity index is 793. The molecule has 0 heterocycles. The van der Waals surface area contributed by atoms with Crippen molar-refractivity contribution >= 4 is 11.7 Å². The number of methoxy groups -OCH3 is 2. The molecule has 0 N–H and O–H groups in total. The van der Waals surface area contributed by atoms with E-state index in [4.69, 9.17) is 14.2 Å². The highest BCUT2D eigenvalue weighted by molar-refractivity contribution is 5.74. The quantitative estimate of drug-likeness (QED) is 0.330. The van der Waals surface area contributed by atoms with Gasteiger partial charge in [-0.1, -0.05) is 0 Å². The summed E-state index contributed by atoms with van der Waals surface area (Å²) < 4.78 is 28.5. The lowest BCUT2D eigenvalue weighted by Gasteiger charge is -2.10. The molecule has 2 rings (SSSR count). The van der Waals surface area contributed by atoms with E-state index in [1.165, 1.54) is 14.2 Å². The molecule has 8 heteroatoms. The summed E-state index contributed by atoms with van der Waals surface area (Å²) >= 11 is 0. The molecular weight excluding hydrogens is 333 g/mol. The minimum atomic E-state index is -0.743. The first-order chi connectivity index (χ1) is 11.9. The van der Waals surface area contributed by atoms with Crippen LogP contribution in [0.4, 0.5) is 10.1 Å². The van der Waals surface area contributed by atoms with Crippen molar-refractivity contribution < 1.29 is 28.3 Å². The number of nitro groups is 1. The summed E-state index contributed by atoms with van der Waals surface area (Å²) in [6.07, 6.45) is 0.194. The van der Waals surface area contributed by atoms with Crippen molar-refractivity contribution in [2.24, 2.45) is 0 Å². The number of carbonyl (C=O) groups excluding carboxylic acids is 1. The summed E-state index contributed by atoms with van der Waals surface area (Å²) in [6, 6.07) is 7.83. The van der Waals surface area contributed by atoms with Crippen LogP contribution in [0.25, 0.3) is 0 Å². The Morgan fingerprint density at radius 3 is 2.52 bits per heavy atom. The van der Waals surface area contributed by atoms with Crippen LogP contribution in [-0.4, -0.2) is 25.1 Å². The van der Waals surface area contributed by atoms with E-state index in [-0.39, 0.29) is 12.8 Å². The van der Waals surface area contributed by atoms with Crippen molar-refractivity contribution in [3.05, 3.63) is 57.9 Å². The highest BCUT2D eigenvalue weighted by Gasteiger charge is 2.19. The Hall–Kier alpha value is -3.16. The molecule has 0 saturated carbocycles. The van der Waals surface area contributed by atoms with Crippen LogP contribution in [0.2, 0.25) is 0 Å². The number of nitro benzene ring substituents is 1. The zero-order valence-corrected chi connectivity index (χ0v) is 13.7. The van der Waals surface area contributed by atoms with Gasteiger partial charge in [-0.25, -0.2) is 4.39 Å². The first-order valence-corrected chi connectivity index (χ1v) is 7.30. The molecule has 2 aromatic carbocycles. The lowest BCUT2D eigenvalue weighted by molar-refractivity contribution is -0.385. The summed E-state index contributed by atoms with van der Waals surface area (Å²) in [4.78, 5) is 22.2. The van der Waals surface area contributed by atoms with Gasteiger partial charge in [-0.05, 0) is 36.2 Å². The monoisotopic (exact) mass is 349 g/mol. The van der Waals surface area contributed by atoms with E-state index in [9.17, 15) is 19.3 Å². The molecule has 0 bridgehead atoms. The number of carbonyl (C=O) groups is 1. The summed E-state index contributed by atoms with van der Waals surface area (Å²) in [7, 11) is 3.02. The van der Waals surface area contributed by atoms with Gasteiger partial charge in [-0.3, -0.25) is 14.9 Å². The van der Waals surface area contributed by atoms with Crippen LogP contribution >= 0.6 is 0 Å². The van der Waals surface area contributed by atoms with Crippen LogP contribution in [0.1, 0.15) is 12.0 Å². The second-order valence-corrected chi connectivity index (χ2v) is 5.02. The third-order valence-electron chi connectivity index (χ3n) is 3.43. The van der Waals surface area contributed by atoms with Gasteiger partial charge in [-0.2, -0.15) is 0 Å². The van der Waals surface area contributed by atoms with Crippen LogP contribution < -0.4 is 14.2 Å². The second kappa shape index (κ2) is 8.09. The van der Waals surface area contributed by atoms with Gasteiger partial charge in [0.05, 0.1) is 25.6 Å². The number of hydrogen-bond donors (Lipinski definition) is 0. The maximum atomic E-state index is 13.2. The summed E-state index contributed by atoms with van der Waals surface area (Å²) in [5.41, 5.74) is 0.237. The number of esters is 1. The van der Waals surface area contributed by atoms with E-state index in [0.717, 1.165) is 18.2 Å². The number of benzene rings is 2. The fraction of sp³-hybridized carbons (Fsp3) is 0.235. The Morgan fingerprint density at radius 2 is 1.88 bits per heavy atom. The molecule has 0 radical (unpaired) electrons. The van der Waals surface area contributed by atoms with Crippen molar-refractivity contribution in [1.82, 2.24) is 0 Å². The Kier molecular flexibility index (Phi) is 5.89. The van der Waals surface area contributed by atoms with Crippen molar-refractivity contribution in [3.8, 4) is 17.2 Å². The fourth-order valence-electron chi connectivity index (χ4n) is 2.21. The molecule has 7 nitrogen and oxygen atoms in total. The van der Waals surface area contributed by atoms with Crippen molar-refractivity contribution in [1.29, 1.82) is 0 Å². The molecule has 0 fully saturated rings. The van der Waals surface area contributed by atoms with Gasteiger partial charge in [0, 0.05) is 12.1 Å². The molecule has 0 spiro atoms. The molecule has 25 heavy (non-hydrogen) atoms. The highest BCUT2D eigenvalue weighted by atomic mass is 19.1. The molecular formula is C17H16FNO6. The Balaban J connectivity index is 2.09. The molecule has 0 unspecified atom stereocenters. The van der Waals surface area contributed by atoms with E-state index < -0.39 is 28.1 Å². The van der Waals surface area contributed by atoms with Crippen molar-refractivity contribution in [3.63, 3.8) is 0 Å². The van der Waals surface area contributed by atoms with Gasteiger partial charge >= 0.3 is 11.7 Å². The zero-order valence-electron chi connectivity index (χ0n) is 13.7. The first-order valence-electron chi connectivity index (χ1n) is 7.30. The fourth-order valence-corrected chi connectivity index (χ4v) is 2.21. The molecule has 0 aliphatic rings. The summed E-state index contributed by atoms with van der Waals surface area (Å²) in [5.74, 6) is -0.704. The largest absolute Gasteiger partial charge is 0.497 e. The van der Waals surface area contributed by atoms with Crippen LogP contribution in [0.5, 0.6) is 17.2 Å². The normalized spacial score (nSPS) is 10.2. The van der Waals surface area contributed by atoms with Gasteiger partial charge in [0.15, 0.2) is 0 Å². The molecule has 0 atom stereocenters. The van der Waals surface area contributed by atoms with Gasteiger partial charge < -0.3 is 14.2 Å². The van der Waals surface area contributed by atoms with E-state index >= 15 is 0 Å². The van der Waals surface area contributed by atoms with Crippen LogP contribution in [-0.2, 0) is 11.2 Å². The number of ether oxygens (including phenoxy) is 3. The number of halogens is 1. The minimum Gasteiger partial charge on any atom is -0.497 e. The van der Waals surface area contributed by atoms with Gasteiger partial charge in [-0.15, -0.1) is 0 Å². The highest BCUT2D eigenvalue weighted by Crippen LogP contribution is 2.29. The average molecular weight is 349 g/mol. The summed E-state index contributed by atoms with van der Waals surface area (Å²) in [6.45, 7) is 0. The topological polar surface area (TPSA) is 87.9 Å². The van der Waals surface area contributed by atoms with Gasteiger partial charge in [0.25, 0.3) is 0 Å². The second-order valence-electron chi connectivity index (χ2n) is 5.02. The molecule has 132 valence electrons. The molecule has 0 aliphatic heterocycles. The van der Waals surface area contributed by atoms with E-state index in [1.807, 2.05) is 0 Å². The lowest BCUT2D eigenvalue weighted by atomic mass is 10.1. The van der Waals surface area contributed by atoms with E-state index in [2.05, 4.69) is 0 Å². The predicted molar refractivity (Wildman–Crippen MR) is 86.6 cm³/mol. The molecule has 0 amide bonds. The predicted octanol–water partition coefficient (Wildman–Crippen LogP) is 3.29. The molecule has 0 saturated heterocycles.